The number of sulfonamides is 1. The maximum Gasteiger partial charge on any atom is 0.451 e. The summed E-state index contributed by atoms with van der Waals surface area (Å²) in [6.45, 7) is 6.05. The van der Waals surface area contributed by atoms with Gasteiger partial charge in [0.25, 0.3) is 15.8 Å². The van der Waals surface area contributed by atoms with E-state index in [9.17, 15) is 36.0 Å². The van der Waals surface area contributed by atoms with Crippen LogP contribution in [0.4, 0.5) is 13.2 Å². The Bertz CT molecular complexity index is 1420. The molecule has 7 nitrogen and oxygen atoms in total. The fourth-order valence-corrected chi connectivity index (χ4v) is 4.96. The summed E-state index contributed by atoms with van der Waals surface area (Å²) in [4.78, 5) is 37.9. The highest BCUT2D eigenvalue weighted by Gasteiger charge is 2.51. The quantitative estimate of drug-likeness (QED) is 0.414. The molecule has 0 aromatic heterocycles. The Labute approximate surface area is 205 Å². The number of aryl methyl sites for hydroxylation is 2. The third kappa shape index (κ3) is 5.46. The van der Waals surface area contributed by atoms with Crippen molar-refractivity contribution in [3.05, 3.63) is 76.4 Å². The summed E-state index contributed by atoms with van der Waals surface area (Å²) in [5, 5.41) is 0. The van der Waals surface area contributed by atoms with Gasteiger partial charge in [-0.25, -0.2) is 0 Å². The Morgan fingerprint density at radius 3 is 2.17 bits per heavy atom. The van der Waals surface area contributed by atoms with Gasteiger partial charge in [-0.15, -0.1) is 0 Å². The van der Waals surface area contributed by atoms with Gasteiger partial charge in [0.2, 0.25) is 0 Å². The fraction of sp³-hybridized carbons (Fsp3) is 0.280. The number of nitrogens with zero attached hydrogens (tertiary/aromatic N) is 1. The molecule has 0 saturated heterocycles. The van der Waals surface area contributed by atoms with E-state index in [-0.39, 0.29) is 16.0 Å². The monoisotopic (exact) mass is 521 g/mol. The van der Waals surface area contributed by atoms with Crippen LogP contribution < -0.4 is 0 Å². The first-order valence-corrected chi connectivity index (χ1v) is 12.2. The van der Waals surface area contributed by atoms with Crippen LogP contribution in [0, 0.1) is 19.8 Å². The molecule has 0 fully saturated rings. The lowest BCUT2D eigenvalue weighted by atomic mass is 9.81. The van der Waals surface area contributed by atoms with Crippen molar-refractivity contribution in [3.63, 3.8) is 0 Å². The normalized spacial score (nSPS) is 15.9. The second kappa shape index (κ2) is 9.81. The number of Topliss-reactive ketones (excluding diaryl/α,β-unsaturated/α-hetero) is 2. The van der Waals surface area contributed by atoms with Crippen LogP contribution in [0.5, 0.6) is 0 Å². The molecule has 0 amide bonds. The van der Waals surface area contributed by atoms with E-state index in [1.54, 1.807) is 26.0 Å². The number of benzene rings is 2. The largest absolute Gasteiger partial charge is 0.462 e. The van der Waals surface area contributed by atoms with Crippen molar-refractivity contribution in [2.45, 2.75) is 44.9 Å². The molecule has 0 heterocycles. The zero-order valence-corrected chi connectivity index (χ0v) is 20.5. The van der Waals surface area contributed by atoms with Crippen molar-refractivity contribution in [1.29, 1.82) is 0 Å². The first-order chi connectivity index (χ1) is 16.6. The molecule has 0 bridgehead atoms. The van der Waals surface area contributed by atoms with Crippen LogP contribution in [0.3, 0.4) is 0 Å². The first kappa shape index (κ1) is 27.0. The molecule has 1 aliphatic rings. The van der Waals surface area contributed by atoms with Crippen LogP contribution in [0.25, 0.3) is 0 Å². The van der Waals surface area contributed by atoms with Gasteiger partial charge < -0.3 is 4.74 Å². The van der Waals surface area contributed by atoms with Crippen LogP contribution in [-0.2, 0) is 24.3 Å². The van der Waals surface area contributed by atoms with Gasteiger partial charge in [-0.1, -0.05) is 42.0 Å². The Balaban J connectivity index is 2.27. The van der Waals surface area contributed by atoms with Gasteiger partial charge >= 0.3 is 12.1 Å². The third-order valence-electron chi connectivity index (χ3n) is 5.27. The summed E-state index contributed by atoms with van der Waals surface area (Å²) in [7, 11) is -4.40. The lowest BCUT2D eigenvalue weighted by Gasteiger charge is -2.24. The van der Waals surface area contributed by atoms with E-state index < -0.39 is 57.0 Å². The van der Waals surface area contributed by atoms with Crippen LogP contribution in [-0.4, -0.2) is 43.9 Å². The molecule has 3 rings (SSSR count). The molecule has 0 saturated carbocycles. The number of hydrogen-bond acceptors (Lipinski definition) is 6. The highest BCUT2D eigenvalue weighted by molar-refractivity contribution is 7.90. The number of carbonyl (C=O) groups is 3. The minimum atomic E-state index is -5.47. The van der Waals surface area contributed by atoms with Gasteiger partial charge in [0.05, 0.1) is 16.7 Å². The number of halogens is 3. The summed E-state index contributed by atoms with van der Waals surface area (Å²) in [6, 6.07) is 10.0. The maximum atomic E-state index is 13.4. The molecule has 36 heavy (non-hydrogen) atoms. The van der Waals surface area contributed by atoms with Crippen molar-refractivity contribution >= 4 is 33.3 Å². The lowest BCUT2D eigenvalue weighted by Crippen LogP contribution is -2.41. The maximum absolute atomic E-state index is 13.4. The molecule has 0 radical (unpaired) electrons. The smallest absolute Gasteiger partial charge is 0.451 e. The van der Waals surface area contributed by atoms with Crippen LogP contribution in [0.1, 0.15) is 40.9 Å². The summed E-state index contributed by atoms with van der Waals surface area (Å²) in [5.41, 5.74) is -0.271. The number of allylic oxidation sites excluding steroid dienone is 1. The number of carbonyl (C=O) groups excluding carboxylic acids is 3. The molecule has 0 N–H and O–H groups in total. The van der Waals surface area contributed by atoms with Gasteiger partial charge in [-0.3, -0.25) is 14.4 Å². The van der Waals surface area contributed by atoms with Crippen molar-refractivity contribution in [2.75, 3.05) is 0 Å². The number of hydrogen-bond donors (Lipinski definition) is 0. The van der Waals surface area contributed by atoms with Gasteiger partial charge in [0.1, 0.15) is 0 Å². The first-order valence-electron chi connectivity index (χ1n) is 10.7. The summed E-state index contributed by atoms with van der Waals surface area (Å²) < 4.78 is 75.2. The van der Waals surface area contributed by atoms with E-state index in [1.807, 2.05) is 0 Å². The van der Waals surface area contributed by atoms with Crippen molar-refractivity contribution in [2.24, 2.45) is 10.3 Å². The Morgan fingerprint density at radius 1 is 1.00 bits per heavy atom. The van der Waals surface area contributed by atoms with Crippen LogP contribution >= 0.6 is 0 Å². The number of ketones is 2. The molecule has 11 heteroatoms. The molecular weight excluding hydrogens is 499 g/mol. The average molecular weight is 522 g/mol. The predicted octanol–water partition coefficient (Wildman–Crippen LogP) is 4.30. The highest BCUT2D eigenvalue weighted by Crippen LogP contribution is 2.33. The molecule has 1 atom stereocenters. The number of alkyl halides is 3. The second-order valence-electron chi connectivity index (χ2n) is 8.48. The minimum absolute atomic E-state index is 0.0232. The van der Waals surface area contributed by atoms with E-state index in [0.29, 0.717) is 5.56 Å². The molecule has 2 aromatic rings. The van der Waals surface area contributed by atoms with Crippen LogP contribution in [0.2, 0.25) is 0 Å². The van der Waals surface area contributed by atoms with Gasteiger partial charge in [0.15, 0.2) is 11.7 Å². The van der Waals surface area contributed by atoms with E-state index in [2.05, 4.69) is 4.40 Å². The topological polar surface area (TPSA) is 107 Å². The second-order valence-corrected chi connectivity index (χ2v) is 10.0. The number of ether oxygens (including phenoxy) is 1. The predicted molar refractivity (Wildman–Crippen MR) is 124 cm³/mol. The van der Waals surface area contributed by atoms with Crippen LogP contribution in [0.15, 0.2) is 63.4 Å². The molecule has 0 spiro atoms. The minimum Gasteiger partial charge on any atom is -0.462 e. The summed E-state index contributed by atoms with van der Waals surface area (Å²) >= 11 is 0. The Hall–Kier alpha value is -3.60. The number of rotatable bonds is 6. The molecule has 1 unspecified atom stereocenters. The zero-order valence-electron chi connectivity index (χ0n) is 19.7. The Morgan fingerprint density at radius 2 is 1.61 bits per heavy atom. The van der Waals surface area contributed by atoms with E-state index in [1.165, 1.54) is 44.2 Å². The summed E-state index contributed by atoms with van der Waals surface area (Å²) in [5.74, 6) is -7.79. The van der Waals surface area contributed by atoms with Gasteiger partial charge in [0, 0.05) is 16.7 Å². The van der Waals surface area contributed by atoms with E-state index >= 15 is 0 Å². The Kier molecular flexibility index (Phi) is 7.35. The summed E-state index contributed by atoms with van der Waals surface area (Å²) in [6.07, 6.45) is -5.62. The molecule has 190 valence electrons. The number of esters is 1. The van der Waals surface area contributed by atoms with Crippen molar-refractivity contribution in [3.8, 4) is 0 Å². The number of fused-ring (bicyclic) bond motifs is 1. The lowest BCUT2D eigenvalue weighted by molar-refractivity contribution is -0.180. The van der Waals surface area contributed by atoms with E-state index in [4.69, 9.17) is 4.74 Å². The molecule has 2 aromatic carbocycles. The van der Waals surface area contributed by atoms with Crippen molar-refractivity contribution < 1.29 is 40.7 Å². The fourth-order valence-electron chi connectivity index (χ4n) is 3.75. The zero-order chi connectivity index (χ0) is 27.0. The third-order valence-corrected chi connectivity index (χ3v) is 6.72. The van der Waals surface area contributed by atoms with Gasteiger partial charge in [-0.2, -0.15) is 26.0 Å². The molecule has 1 aliphatic carbocycles. The average Bonchev–Trinajstić information content (AvgIpc) is 2.75. The highest BCUT2D eigenvalue weighted by atomic mass is 32.2. The van der Waals surface area contributed by atoms with E-state index in [0.717, 1.165) is 11.6 Å². The molecule has 0 aliphatic heterocycles. The SMILES string of the molecule is Cc1ccc(S(=O)(=O)/N=C2\C=C(C(C(=O)OC(C)C)C(=O)C(F)(F)F)C(=O)c3ccccc32)c(C)c1. The van der Waals surface area contributed by atoms with Crippen molar-refractivity contribution in [1.82, 2.24) is 0 Å². The standard InChI is InChI=1S/C25H22F3NO6S/c1-13(2)35-24(32)21(23(31)25(26,27)28)18-12-19(16-7-5-6-8-17(16)22(18)30)29-36(33,34)20-10-9-14(3)11-15(20)4/h5-13,21H,1-4H3/b29-19+. The molecular formula is C25H22F3NO6S. The van der Waals surface area contributed by atoms with Gasteiger partial charge in [-0.05, 0) is 45.4 Å².